The van der Waals surface area contributed by atoms with Crippen LogP contribution in [0.15, 0.2) is 51.8 Å². The van der Waals surface area contributed by atoms with Gasteiger partial charge in [0.25, 0.3) is 5.69 Å². The maximum Gasteiger partial charge on any atom is 0.269 e. The van der Waals surface area contributed by atoms with Crippen molar-refractivity contribution in [1.82, 2.24) is 0 Å². The van der Waals surface area contributed by atoms with Crippen LogP contribution in [0.4, 0.5) is 11.4 Å². The van der Waals surface area contributed by atoms with Crippen molar-refractivity contribution in [3.63, 3.8) is 0 Å². The average Bonchev–Trinajstić information content (AvgIpc) is 2.37. The van der Waals surface area contributed by atoms with Crippen molar-refractivity contribution in [3.8, 4) is 0 Å². The molecule has 0 bridgehead atoms. The van der Waals surface area contributed by atoms with Crippen LogP contribution in [-0.2, 0) is 15.6 Å². The molecule has 0 amide bonds. The predicted octanol–water partition coefficient (Wildman–Crippen LogP) is 2.91. The molecule has 21 heavy (non-hydrogen) atoms. The smallest absolute Gasteiger partial charge is 0.269 e. The van der Waals surface area contributed by atoms with E-state index in [4.69, 9.17) is 5.73 Å². The van der Waals surface area contributed by atoms with E-state index in [9.17, 15) is 18.5 Å². The molecular weight excluding hydrogens is 360 g/mol. The molecule has 0 aliphatic rings. The normalized spacial score (nSPS) is 11.3. The van der Waals surface area contributed by atoms with E-state index in [0.29, 0.717) is 15.7 Å². The summed E-state index contributed by atoms with van der Waals surface area (Å²) < 4.78 is 25.1. The Hall–Kier alpha value is -1.93. The molecular formula is C13H11BrN2O4S. The number of hydrogen-bond acceptors (Lipinski definition) is 5. The highest BCUT2D eigenvalue weighted by Gasteiger charge is 2.19. The number of nitro benzene ring substituents is 1. The van der Waals surface area contributed by atoms with Gasteiger partial charge in [-0.2, -0.15) is 0 Å². The fourth-order valence-electron chi connectivity index (χ4n) is 1.83. The minimum Gasteiger partial charge on any atom is -0.399 e. The van der Waals surface area contributed by atoms with Crippen LogP contribution in [0.5, 0.6) is 0 Å². The van der Waals surface area contributed by atoms with Gasteiger partial charge in [0.2, 0.25) is 0 Å². The molecule has 110 valence electrons. The molecule has 2 N–H and O–H groups in total. The number of non-ortho nitro benzene ring substituents is 1. The average molecular weight is 371 g/mol. The maximum atomic E-state index is 12.4. The van der Waals surface area contributed by atoms with Crippen molar-refractivity contribution >= 4 is 37.1 Å². The molecule has 0 saturated heterocycles. The van der Waals surface area contributed by atoms with E-state index in [1.165, 1.54) is 42.5 Å². The summed E-state index contributed by atoms with van der Waals surface area (Å²) >= 11 is 3.17. The molecule has 0 atom stereocenters. The summed E-state index contributed by atoms with van der Waals surface area (Å²) in [5.74, 6) is -0.322. The summed E-state index contributed by atoms with van der Waals surface area (Å²) in [5, 5.41) is 10.7. The number of halogens is 1. The summed E-state index contributed by atoms with van der Waals surface area (Å²) in [6.45, 7) is 0. The van der Waals surface area contributed by atoms with E-state index in [-0.39, 0.29) is 16.3 Å². The Morgan fingerprint density at radius 2 is 1.90 bits per heavy atom. The number of nitrogen functional groups attached to an aromatic ring is 1. The lowest BCUT2D eigenvalue weighted by Gasteiger charge is -2.07. The fourth-order valence-corrected chi connectivity index (χ4v) is 4.37. The van der Waals surface area contributed by atoms with E-state index in [2.05, 4.69) is 15.9 Å². The van der Waals surface area contributed by atoms with Crippen LogP contribution in [0, 0.1) is 10.1 Å². The van der Waals surface area contributed by atoms with Crippen molar-refractivity contribution in [1.29, 1.82) is 0 Å². The minimum atomic E-state index is -3.63. The Morgan fingerprint density at radius 3 is 2.52 bits per heavy atom. The SMILES string of the molecule is Nc1ccc(S(=O)(=O)Cc2cccc([N+](=O)[O-])c2)c(Br)c1. The highest BCUT2D eigenvalue weighted by atomic mass is 79.9. The van der Waals surface area contributed by atoms with Gasteiger partial charge in [-0.3, -0.25) is 10.1 Å². The first kappa shape index (κ1) is 15.5. The van der Waals surface area contributed by atoms with Gasteiger partial charge in [-0.05, 0) is 39.7 Å². The second-order valence-corrected chi connectivity index (χ2v) is 7.19. The highest BCUT2D eigenvalue weighted by molar-refractivity contribution is 9.10. The van der Waals surface area contributed by atoms with Crippen LogP contribution in [0.1, 0.15) is 5.56 Å². The summed E-state index contributed by atoms with van der Waals surface area (Å²) in [6, 6.07) is 9.96. The lowest BCUT2D eigenvalue weighted by atomic mass is 10.2. The fraction of sp³-hybridized carbons (Fsp3) is 0.0769. The molecule has 0 saturated carbocycles. The van der Waals surface area contributed by atoms with Gasteiger partial charge < -0.3 is 5.73 Å². The monoisotopic (exact) mass is 370 g/mol. The summed E-state index contributed by atoms with van der Waals surface area (Å²) in [7, 11) is -3.63. The molecule has 2 aromatic rings. The van der Waals surface area contributed by atoms with Crippen LogP contribution >= 0.6 is 15.9 Å². The minimum absolute atomic E-state index is 0.100. The van der Waals surface area contributed by atoms with Gasteiger partial charge in [-0.25, -0.2) is 8.42 Å². The number of hydrogen-bond donors (Lipinski definition) is 1. The van der Waals surface area contributed by atoms with Gasteiger partial charge in [0.15, 0.2) is 9.84 Å². The Balaban J connectivity index is 2.37. The zero-order chi connectivity index (χ0) is 15.6. The molecule has 0 aromatic heterocycles. The Labute approximate surface area is 129 Å². The quantitative estimate of drug-likeness (QED) is 0.506. The van der Waals surface area contributed by atoms with Crippen molar-refractivity contribution in [2.45, 2.75) is 10.6 Å². The van der Waals surface area contributed by atoms with Gasteiger partial charge in [-0.15, -0.1) is 0 Å². The second kappa shape index (κ2) is 5.82. The van der Waals surface area contributed by atoms with Gasteiger partial charge in [0.05, 0.1) is 15.6 Å². The van der Waals surface area contributed by atoms with Crippen LogP contribution in [0.3, 0.4) is 0 Å². The summed E-state index contributed by atoms with van der Waals surface area (Å²) in [6.07, 6.45) is 0. The first-order valence-corrected chi connectivity index (χ1v) is 8.25. The maximum absolute atomic E-state index is 12.4. The molecule has 0 unspecified atom stereocenters. The summed E-state index contributed by atoms with van der Waals surface area (Å²) in [4.78, 5) is 10.3. The molecule has 2 aromatic carbocycles. The molecule has 0 spiro atoms. The molecule has 0 heterocycles. The third-order valence-electron chi connectivity index (χ3n) is 2.77. The number of nitro groups is 1. The molecule has 0 aliphatic carbocycles. The summed E-state index contributed by atoms with van der Waals surface area (Å²) in [5.41, 5.74) is 6.23. The number of rotatable bonds is 4. The zero-order valence-electron chi connectivity index (χ0n) is 10.7. The Morgan fingerprint density at radius 1 is 1.19 bits per heavy atom. The number of anilines is 1. The van der Waals surface area contributed by atoms with E-state index in [1.807, 2.05) is 0 Å². The molecule has 0 radical (unpaired) electrons. The third-order valence-corrected chi connectivity index (χ3v) is 5.43. The lowest BCUT2D eigenvalue weighted by molar-refractivity contribution is -0.384. The van der Waals surface area contributed by atoms with Crippen molar-refractivity contribution in [2.75, 3.05) is 5.73 Å². The van der Waals surface area contributed by atoms with Gasteiger partial charge in [-0.1, -0.05) is 12.1 Å². The van der Waals surface area contributed by atoms with E-state index in [1.54, 1.807) is 0 Å². The van der Waals surface area contributed by atoms with Crippen LogP contribution < -0.4 is 5.73 Å². The first-order chi connectivity index (χ1) is 9.79. The number of benzene rings is 2. The third kappa shape index (κ3) is 3.59. The van der Waals surface area contributed by atoms with Gasteiger partial charge in [0.1, 0.15) is 0 Å². The zero-order valence-corrected chi connectivity index (χ0v) is 13.1. The van der Waals surface area contributed by atoms with Crippen LogP contribution in [0.2, 0.25) is 0 Å². The van der Waals surface area contributed by atoms with E-state index >= 15 is 0 Å². The molecule has 0 fully saturated rings. The highest BCUT2D eigenvalue weighted by Crippen LogP contribution is 2.27. The second-order valence-electron chi connectivity index (χ2n) is 4.38. The van der Waals surface area contributed by atoms with Crippen molar-refractivity contribution in [2.24, 2.45) is 0 Å². The van der Waals surface area contributed by atoms with Crippen LogP contribution in [0.25, 0.3) is 0 Å². The number of nitrogens with zero attached hydrogens (tertiary/aromatic N) is 1. The van der Waals surface area contributed by atoms with Crippen molar-refractivity contribution < 1.29 is 13.3 Å². The first-order valence-electron chi connectivity index (χ1n) is 5.81. The number of sulfone groups is 1. The molecule has 0 aliphatic heterocycles. The molecule has 2 rings (SSSR count). The largest absolute Gasteiger partial charge is 0.399 e. The standard InChI is InChI=1S/C13H11BrN2O4S/c14-12-7-10(15)4-5-13(12)21(19,20)8-9-2-1-3-11(6-9)16(17)18/h1-7H,8,15H2. The van der Waals surface area contributed by atoms with Gasteiger partial charge >= 0.3 is 0 Å². The van der Waals surface area contributed by atoms with Crippen LogP contribution in [-0.4, -0.2) is 13.3 Å². The predicted molar refractivity (Wildman–Crippen MR) is 82.5 cm³/mol. The van der Waals surface area contributed by atoms with E-state index in [0.717, 1.165) is 0 Å². The van der Waals surface area contributed by atoms with E-state index < -0.39 is 14.8 Å². The topological polar surface area (TPSA) is 103 Å². The Bertz CT molecular complexity index is 806. The van der Waals surface area contributed by atoms with Crippen molar-refractivity contribution in [3.05, 3.63) is 62.6 Å². The molecule has 8 heteroatoms. The molecule has 6 nitrogen and oxygen atoms in total. The van der Waals surface area contributed by atoms with Gasteiger partial charge in [0, 0.05) is 22.3 Å². The Kier molecular flexibility index (Phi) is 4.29. The lowest BCUT2D eigenvalue weighted by Crippen LogP contribution is -2.06. The number of nitrogens with two attached hydrogens (primary N) is 1.